The molecule has 0 aliphatic carbocycles. The van der Waals surface area contributed by atoms with Crippen molar-refractivity contribution in [3.8, 4) is 5.75 Å². The highest BCUT2D eigenvalue weighted by molar-refractivity contribution is 5.76. The zero-order chi connectivity index (χ0) is 14.4. The fourth-order valence-electron chi connectivity index (χ4n) is 2.13. The number of benzene rings is 1. The Morgan fingerprint density at radius 2 is 2.05 bits per heavy atom. The van der Waals surface area contributed by atoms with Crippen LogP contribution in [0.15, 0.2) is 42.6 Å². The second-order valence-electron chi connectivity index (χ2n) is 4.70. The number of rotatable bonds is 6. The molecule has 0 saturated carbocycles. The van der Waals surface area contributed by atoms with E-state index in [2.05, 4.69) is 5.32 Å². The standard InChI is InChI=1S/C16H20N2O2/c1-18-11-5-7-14(18)9-10-16(19)17-12-13-6-3-4-8-15(13)20-2/h3-8,11H,9-10,12H2,1-2H3,(H,17,19). The number of hydrogen-bond donors (Lipinski definition) is 1. The molecule has 1 heterocycles. The number of methoxy groups -OCH3 is 1. The zero-order valence-corrected chi connectivity index (χ0v) is 11.9. The Morgan fingerprint density at radius 1 is 1.25 bits per heavy atom. The molecule has 0 spiro atoms. The van der Waals surface area contributed by atoms with E-state index in [0.29, 0.717) is 13.0 Å². The molecule has 1 aromatic carbocycles. The van der Waals surface area contributed by atoms with Crippen molar-refractivity contribution < 1.29 is 9.53 Å². The summed E-state index contributed by atoms with van der Waals surface area (Å²) in [5, 5.41) is 2.93. The van der Waals surface area contributed by atoms with Crippen LogP contribution in [0.3, 0.4) is 0 Å². The second kappa shape index (κ2) is 6.80. The Kier molecular flexibility index (Phi) is 4.82. The molecule has 0 unspecified atom stereocenters. The van der Waals surface area contributed by atoms with Gasteiger partial charge in [-0.05, 0) is 24.6 Å². The van der Waals surface area contributed by atoms with E-state index in [1.807, 2.05) is 54.2 Å². The van der Waals surface area contributed by atoms with Crippen LogP contribution in [0.5, 0.6) is 5.75 Å². The average Bonchev–Trinajstić information content (AvgIpc) is 2.88. The average molecular weight is 272 g/mol. The van der Waals surface area contributed by atoms with Gasteiger partial charge in [0.25, 0.3) is 0 Å². The molecule has 2 rings (SSSR count). The van der Waals surface area contributed by atoms with Gasteiger partial charge in [0.1, 0.15) is 5.75 Å². The lowest BCUT2D eigenvalue weighted by Gasteiger charge is -2.09. The molecule has 106 valence electrons. The number of carbonyl (C=O) groups excluding carboxylic acids is 1. The Hall–Kier alpha value is -2.23. The number of hydrogen-bond acceptors (Lipinski definition) is 2. The van der Waals surface area contributed by atoms with Crippen LogP contribution in [-0.2, 0) is 24.8 Å². The SMILES string of the molecule is COc1ccccc1CNC(=O)CCc1cccn1C. The summed E-state index contributed by atoms with van der Waals surface area (Å²) < 4.78 is 7.29. The monoisotopic (exact) mass is 272 g/mol. The molecular formula is C16H20N2O2. The number of aromatic nitrogens is 1. The first-order valence-electron chi connectivity index (χ1n) is 6.69. The maximum atomic E-state index is 11.9. The van der Waals surface area contributed by atoms with Crippen LogP contribution in [0.2, 0.25) is 0 Å². The predicted octanol–water partition coefficient (Wildman–Crippen LogP) is 2.28. The summed E-state index contributed by atoms with van der Waals surface area (Å²) in [6, 6.07) is 11.7. The number of aryl methyl sites for hydroxylation is 2. The smallest absolute Gasteiger partial charge is 0.220 e. The minimum Gasteiger partial charge on any atom is -0.496 e. The first-order chi connectivity index (χ1) is 9.70. The summed E-state index contributed by atoms with van der Waals surface area (Å²) in [5.41, 5.74) is 2.15. The molecule has 1 amide bonds. The van der Waals surface area contributed by atoms with Crippen LogP contribution >= 0.6 is 0 Å². The van der Waals surface area contributed by atoms with E-state index >= 15 is 0 Å². The predicted molar refractivity (Wildman–Crippen MR) is 78.6 cm³/mol. The molecule has 1 aromatic heterocycles. The van der Waals surface area contributed by atoms with Gasteiger partial charge in [-0.25, -0.2) is 0 Å². The van der Waals surface area contributed by atoms with E-state index in [1.54, 1.807) is 7.11 Å². The maximum absolute atomic E-state index is 11.9. The van der Waals surface area contributed by atoms with E-state index in [1.165, 1.54) is 0 Å². The molecule has 20 heavy (non-hydrogen) atoms. The van der Waals surface area contributed by atoms with E-state index < -0.39 is 0 Å². The third-order valence-corrected chi connectivity index (χ3v) is 3.33. The number of ether oxygens (including phenoxy) is 1. The van der Waals surface area contributed by atoms with E-state index in [-0.39, 0.29) is 5.91 Å². The number of para-hydroxylation sites is 1. The zero-order valence-electron chi connectivity index (χ0n) is 11.9. The Bertz CT molecular complexity index is 575. The Labute approximate surface area is 119 Å². The normalized spacial score (nSPS) is 10.3. The first kappa shape index (κ1) is 14.2. The van der Waals surface area contributed by atoms with Gasteiger partial charge < -0.3 is 14.6 Å². The van der Waals surface area contributed by atoms with Crippen LogP contribution in [0.25, 0.3) is 0 Å². The number of amides is 1. The lowest BCUT2D eigenvalue weighted by Crippen LogP contribution is -2.23. The molecular weight excluding hydrogens is 252 g/mol. The number of carbonyl (C=O) groups is 1. The lowest BCUT2D eigenvalue weighted by atomic mass is 10.2. The lowest BCUT2D eigenvalue weighted by molar-refractivity contribution is -0.121. The first-order valence-corrected chi connectivity index (χ1v) is 6.69. The summed E-state index contributed by atoms with van der Waals surface area (Å²) in [6.07, 6.45) is 3.23. The van der Waals surface area contributed by atoms with Crippen molar-refractivity contribution in [2.24, 2.45) is 7.05 Å². The molecule has 0 aliphatic rings. The highest BCUT2D eigenvalue weighted by atomic mass is 16.5. The molecule has 0 radical (unpaired) electrons. The van der Waals surface area contributed by atoms with Gasteiger partial charge in [0.15, 0.2) is 0 Å². The topological polar surface area (TPSA) is 43.3 Å². The summed E-state index contributed by atoms with van der Waals surface area (Å²) in [6.45, 7) is 0.496. The number of nitrogens with zero attached hydrogens (tertiary/aromatic N) is 1. The van der Waals surface area contributed by atoms with Gasteiger partial charge in [-0.3, -0.25) is 4.79 Å². The summed E-state index contributed by atoms with van der Waals surface area (Å²) in [5.74, 6) is 0.854. The van der Waals surface area contributed by atoms with Gasteiger partial charge in [-0.15, -0.1) is 0 Å². The molecule has 0 aliphatic heterocycles. The van der Waals surface area contributed by atoms with Crippen LogP contribution < -0.4 is 10.1 Å². The van der Waals surface area contributed by atoms with E-state index in [0.717, 1.165) is 23.4 Å². The van der Waals surface area contributed by atoms with Crippen LogP contribution in [0.4, 0.5) is 0 Å². The van der Waals surface area contributed by atoms with Crippen molar-refractivity contribution in [2.45, 2.75) is 19.4 Å². The van der Waals surface area contributed by atoms with E-state index in [9.17, 15) is 4.79 Å². The van der Waals surface area contributed by atoms with Gasteiger partial charge in [0.05, 0.1) is 7.11 Å². The van der Waals surface area contributed by atoms with Gasteiger partial charge in [0.2, 0.25) is 5.91 Å². The molecule has 0 saturated heterocycles. The summed E-state index contributed by atoms with van der Waals surface area (Å²) in [7, 11) is 3.62. The molecule has 2 aromatic rings. The Morgan fingerprint density at radius 3 is 2.75 bits per heavy atom. The third kappa shape index (κ3) is 3.63. The summed E-state index contributed by atoms with van der Waals surface area (Å²) in [4.78, 5) is 11.9. The minimum atomic E-state index is 0.0529. The molecule has 4 heteroatoms. The fraction of sp³-hybridized carbons (Fsp3) is 0.312. The van der Waals surface area contributed by atoms with Crippen LogP contribution in [0.1, 0.15) is 17.7 Å². The molecule has 0 atom stereocenters. The van der Waals surface area contributed by atoms with Gasteiger partial charge in [-0.1, -0.05) is 18.2 Å². The van der Waals surface area contributed by atoms with Crippen molar-refractivity contribution >= 4 is 5.91 Å². The van der Waals surface area contributed by atoms with Crippen molar-refractivity contribution in [2.75, 3.05) is 7.11 Å². The van der Waals surface area contributed by atoms with Gasteiger partial charge in [0, 0.05) is 37.5 Å². The van der Waals surface area contributed by atoms with Crippen molar-refractivity contribution in [3.05, 3.63) is 53.9 Å². The van der Waals surface area contributed by atoms with Gasteiger partial charge >= 0.3 is 0 Å². The quantitative estimate of drug-likeness (QED) is 0.876. The fourth-order valence-corrected chi connectivity index (χ4v) is 2.13. The molecule has 1 N–H and O–H groups in total. The van der Waals surface area contributed by atoms with Crippen molar-refractivity contribution in [3.63, 3.8) is 0 Å². The Balaban J connectivity index is 1.82. The van der Waals surface area contributed by atoms with Crippen LogP contribution in [0, 0.1) is 0 Å². The highest BCUT2D eigenvalue weighted by Gasteiger charge is 2.06. The van der Waals surface area contributed by atoms with E-state index in [4.69, 9.17) is 4.74 Å². The molecule has 0 bridgehead atoms. The minimum absolute atomic E-state index is 0.0529. The maximum Gasteiger partial charge on any atom is 0.220 e. The van der Waals surface area contributed by atoms with Gasteiger partial charge in [-0.2, -0.15) is 0 Å². The van der Waals surface area contributed by atoms with Crippen LogP contribution in [-0.4, -0.2) is 17.6 Å². The molecule has 0 fully saturated rings. The largest absolute Gasteiger partial charge is 0.496 e. The molecule has 4 nitrogen and oxygen atoms in total. The summed E-state index contributed by atoms with van der Waals surface area (Å²) >= 11 is 0. The van der Waals surface area contributed by atoms with Crippen molar-refractivity contribution in [1.82, 2.24) is 9.88 Å². The number of nitrogens with one attached hydrogen (secondary N) is 1. The highest BCUT2D eigenvalue weighted by Crippen LogP contribution is 2.16. The van der Waals surface area contributed by atoms with Crippen molar-refractivity contribution in [1.29, 1.82) is 0 Å². The second-order valence-corrected chi connectivity index (χ2v) is 4.70. The third-order valence-electron chi connectivity index (χ3n) is 3.33.